The van der Waals surface area contributed by atoms with Gasteiger partial charge in [-0.2, -0.15) is 0 Å². The van der Waals surface area contributed by atoms with Crippen LogP contribution in [-0.4, -0.2) is 30.9 Å². The maximum Gasteiger partial charge on any atom is 0.253 e. The molecule has 0 atom stereocenters. The summed E-state index contributed by atoms with van der Waals surface area (Å²) < 4.78 is 0. The van der Waals surface area contributed by atoms with Crippen molar-refractivity contribution in [2.75, 3.05) is 25.5 Å². The number of anilines is 1. The molecule has 1 aromatic rings. The third kappa shape index (κ3) is 3.52. The molecule has 1 saturated carbocycles. The van der Waals surface area contributed by atoms with Crippen molar-refractivity contribution >= 4 is 24.0 Å². The van der Waals surface area contributed by atoms with Gasteiger partial charge in [0.1, 0.15) is 0 Å². The van der Waals surface area contributed by atoms with E-state index in [9.17, 15) is 4.79 Å². The molecule has 1 N–H and O–H groups in total. The highest BCUT2D eigenvalue weighted by molar-refractivity contribution is 5.97. The summed E-state index contributed by atoms with van der Waals surface area (Å²) in [6.07, 6.45) is 7.36. The minimum Gasteiger partial charge on any atom is -0.385 e. The summed E-state index contributed by atoms with van der Waals surface area (Å²) in [5, 5.41) is 3.40. The van der Waals surface area contributed by atoms with E-state index in [1.54, 1.807) is 0 Å². The number of hydrogen-bond acceptors (Lipinski definition) is 2. The Labute approximate surface area is 133 Å². The number of nitrogens with one attached hydrogen (secondary N) is 1. The highest BCUT2D eigenvalue weighted by atomic mass is 35.5. The lowest BCUT2D eigenvalue weighted by Crippen LogP contribution is -2.32. The zero-order valence-electron chi connectivity index (χ0n) is 12.7. The Kier molecular flexibility index (Phi) is 5.51. The summed E-state index contributed by atoms with van der Waals surface area (Å²) in [4.78, 5) is 14.6. The number of hydrogen-bond donors (Lipinski definition) is 1. The molecule has 1 aromatic carbocycles. The molecule has 116 valence electrons. The van der Waals surface area contributed by atoms with Gasteiger partial charge in [-0.05, 0) is 49.3 Å². The molecule has 0 saturated heterocycles. The first-order chi connectivity index (χ1) is 9.75. The van der Waals surface area contributed by atoms with Gasteiger partial charge >= 0.3 is 0 Å². The van der Waals surface area contributed by atoms with Crippen molar-refractivity contribution in [3.63, 3.8) is 0 Å². The highest BCUT2D eigenvalue weighted by Gasteiger charge is 2.23. The fraction of sp³-hybridized carbons (Fsp3) is 0.588. The van der Waals surface area contributed by atoms with E-state index in [1.165, 1.54) is 31.2 Å². The van der Waals surface area contributed by atoms with Gasteiger partial charge in [-0.25, -0.2) is 0 Å². The summed E-state index contributed by atoms with van der Waals surface area (Å²) in [7, 11) is 1.95. The van der Waals surface area contributed by atoms with Crippen LogP contribution in [0.15, 0.2) is 18.2 Å². The highest BCUT2D eigenvalue weighted by Crippen LogP contribution is 2.28. The number of carbonyl (C=O) groups excluding carboxylic acids is 1. The van der Waals surface area contributed by atoms with Crippen LogP contribution in [0.2, 0.25) is 0 Å². The zero-order chi connectivity index (χ0) is 13.9. The lowest BCUT2D eigenvalue weighted by molar-refractivity contribution is 0.0772. The maximum absolute atomic E-state index is 12.7. The van der Waals surface area contributed by atoms with Crippen molar-refractivity contribution in [3.05, 3.63) is 29.3 Å². The molecule has 0 radical (unpaired) electrons. The van der Waals surface area contributed by atoms with Crippen molar-refractivity contribution < 1.29 is 4.79 Å². The van der Waals surface area contributed by atoms with Gasteiger partial charge in [-0.3, -0.25) is 4.79 Å². The SMILES string of the molecule is CN(CC1CCCC1)C(=O)c1cccc2c1CCCN2.Cl. The number of fused-ring (bicyclic) bond motifs is 1. The number of rotatable bonds is 3. The van der Waals surface area contributed by atoms with Crippen LogP contribution in [-0.2, 0) is 6.42 Å². The quantitative estimate of drug-likeness (QED) is 0.923. The first kappa shape index (κ1) is 16.2. The number of halogens is 1. The third-order valence-corrected chi connectivity index (χ3v) is 4.68. The van der Waals surface area contributed by atoms with E-state index >= 15 is 0 Å². The third-order valence-electron chi connectivity index (χ3n) is 4.68. The average molecular weight is 309 g/mol. The van der Waals surface area contributed by atoms with Crippen LogP contribution >= 0.6 is 12.4 Å². The normalized spacial score (nSPS) is 17.6. The molecule has 21 heavy (non-hydrogen) atoms. The van der Waals surface area contributed by atoms with Gasteiger partial charge in [-0.15, -0.1) is 12.4 Å². The second kappa shape index (κ2) is 7.17. The summed E-state index contributed by atoms with van der Waals surface area (Å²) in [6.45, 7) is 1.93. The number of benzene rings is 1. The van der Waals surface area contributed by atoms with Gasteiger partial charge in [0, 0.05) is 31.4 Å². The Morgan fingerprint density at radius 2 is 2.05 bits per heavy atom. The van der Waals surface area contributed by atoms with Crippen LogP contribution in [0.3, 0.4) is 0 Å². The molecule has 0 aromatic heterocycles. The van der Waals surface area contributed by atoms with E-state index in [4.69, 9.17) is 0 Å². The molecule has 0 spiro atoms. The van der Waals surface area contributed by atoms with E-state index < -0.39 is 0 Å². The second-order valence-corrected chi connectivity index (χ2v) is 6.20. The molecular weight excluding hydrogens is 284 g/mol. The largest absolute Gasteiger partial charge is 0.385 e. The van der Waals surface area contributed by atoms with Crippen molar-refractivity contribution in [3.8, 4) is 0 Å². The Balaban J connectivity index is 0.00000161. The van der Waals surface area contributed by atoms with Crippen LogP contribution in [0.1, 0.15) is 48.0 Å². The standard InChI is InChI=1S/C17H24N2O.ClH/c1-19(12-13-6-2-3-7-13)17(20)15-8-4-10-16-14(15)9-5-11-18-16;/h4,8,10,13,18H,2-3,5-7,9,11-12H2,1H3;1H. The van der Waals surface area contributed by atoms with Gasteiger partial charge < -0.3 is 10.2 Å². The predicted molar refractivity (Wildman–Crippen MR) is 89.4 cm³/mol. The molecule has 3 nitrogen and oxygen atoms in total. The summed E-state index contributed by atoms with van der Waals surface area (Å²) >= 11 is 0. The molecule has 1 aliphatic heterocycles. The van der Waals surface area contributed by atoms with E-state index in [-0.39, 0.29) is 18.3 Å². The molecule has 0 bridgehead atoms. The minimum atomic E-state index is 0. The van der Waals surface area contributed by atoms with Crippen LogP contribution < -0.4 is 5.32 Å². The Morgan fingerprint density at radius 3 is 2.81 bits per heavy atom. The summed E-state index contributed by atoms with van der Waals surface area (Å²) in [5.41, 5.74) is 3.26. The van der Waals surface area contributed by atoms with E-state index in [0.717, 1.165) is 37.2 Å². The fourth-order valence-electron chi connectivity index (χ4n) is 3.58. The van der Waals surface area contributed by atoms with E-state index in [0.29, 0.717) is 5.92 Å². The Bertz CT molecular complexity index is 498. The second-order valence-electron chi connectivity index (χ2n) is 6.20. The molecule has 1 aliphatic carbocycles. The van der Waals surface area contributed by atoms with Crippen LogP contribution in [0, 0.1) is 5.92 Å². The first-order valence-electron chi connectivity index (χ1n) is 7.87. The fourth-order valence-corrected chi connectivity index (χ4v) is 3.58. The number of carbonyl (C=O) groups is 1. The molecule has 2 aliphatic rings. The van der Waals surface area contributed by atoms with Gasteiger partial charge in [0.05, 0.1) is 0 Å². The molecule has 3 rings (SSSR count). The maximum atomic E-state index is 12.7. The van der Waals surface area contributed by atoms with Gasteiger partial charge in [0.25, 0.3) is 5.91 Å². The molecular formula is C17H25ClN2O. The Hall–Kier alpha value is -1.22. The molecule has 1 amide bonds. The van der Waals surface area contributed by atoms with Gasteiger partial charge in [-0.1, -0.05) is 18.9 Å². The molecule has 1 heterocycles. The molecule has 1 fully saturated rings. The van der Waals surface area contributed by atoms with Gasteiger partial charge in [0.15, 0.2) is 0 Å². The van der Waals surface area contributed by atoms with Crippen molar-refractivity contribution in [1.29, 1.82) is 0 Å². The minimum absolute atomic E-state index is 0. The van der Waals surface area contributed by atoms with E-state index in [2.05, 4.69) is 11.4 Å². The van der Waals surface area contributed by atoms with Crippen molar-refractivity contribution in [2.45, 2.75) is 38.5 Å². The first-order valence-corrected chi connectivity index (χ1v) is 7.87. The van der Waals surface area contributed by atoms with E-state index in [1.807, 2.05) is 24.1 Å². The number of amides is 1. The van der Waals surface area contributed by atoms with Crippen molar-refractivity contribution in [1.82, 2.24) is 4.90 Å². The lowest BCUT2D eigenvalue weighted by Gasteiger charge is -2.25. The lowest BCUT2D eigenvalue weighted by atomic mass is 9.96. The van der Waals surface area contributed by atoms with Crippen LogP contribution in [0.4, 0.5) is 5.69 Å². The average Bonchev–Trinajstić information content (AvgIpc) is 2.99. The predicted octanol–water partition coefficient (Wildman–Crippen LogP) is 3.73. The van der Waals surface area contributed by atoms with Crippen LogP contribution in [0.5, 0.6) is 0 Å². The van der Waals surface area contributed by atoms with Crippen molar-refractivity contribution in [2.24, 2.45) is 5.92 Å². The Morgan fingerprint density at radius 1 is 1.29 bits per heavy atom. The number of nitrogens with zero attached hydrogens (tertiary/aromatic N) is 1. The zero-order valence-corrected chi connectivity index (χ0v) is 13.5. The summed E-state index contributed by atoms with van der Waals surface area (Å²) in [5.74, 6) is 0.902. The monoisotopic (exact) mass is 308 g/mol. The topological polar surface area (TPSA) is 32.3 Å². The van der Waals surface area contributed by atoms with Gasteiger partial charge in [0.2, 0.25) is 0 Å². The summed E-state index contributed by atoms with van der Waals surface area (Å²) in [6, 6.07) is 6.06. The molecule has 0 unspecified atom stereocenters. The molecule has 4 heteroatoms. The smallest absolute Gasteiger partial charge is 0.253 e. The van der Waals surface area contributed by atoms with Crippen LogP contribution in [0.25, 0.3) is 0 Å².